The molecule has 0 bridgehead atoms. The molecule has 0 saturated carbocycles. The van der Waals surface area contributed by atoms with E-state index in [2.05, 4.69) is 15.9 Å². The van der Waals surface area contributed by atoms with Crippen molar-refractivity contribution in [3.8, 4) is 11.5 Å². The van der Waals surface area contributed by atoms with Crippen LogP contribution in [0.3, 0.4) is 0 Å². The highest BCUT2D eigenvalue weighted by atomic mass is 79.9. The maximum Gasteiger partial charge on any atom is 0.339 e. The summed E-state index contributed by atoms with van der Waals surface area (Å²) < 4.78 is 6.55. The summed E-state index contributed by atoms with van der Waals surface area (Å²) in [5.41, 5.74) is 0.949. The second-order valence-electron chi connectivity index (χ2n) is 3.82. The predicted octanol–water partition coefficient (Wildman–Crippen LogP) is 4.25. The third-order valence-corrected chi connectivity index (χ3v) is 2.95. The molecule has 0 spiro atoms. The first-order chi connectivity index (χ1) is 8.58. The Balaban J connectivity index is 2.42. The molecular weight excluding hydrogens is 296 g/mol. The van der Waals surface area contributed by atoms with E-state index >= 15 is 0 Å². The van der Waals surface area contributed by atoms with Crippen molar-refractivity contribution in [1.29, 1.82) is 0 Å². The Morgan fingerprint density at radius 2 is 1.94 bits per heavy atom. The zero-order valence-electron chi connectivity index (χ0n) is 9.68. The summed E-state index contributed by atoms with van der Waals surface area (Å²) in [7, 11) is 0. The van der Waals surface area contributed by atoms with Crippen LogP contribution in [0.1, 0.15) is 15.9 Å². The third-order valence-electron chi connectivity index (χ3n) is 2.46. The van der Waals surface area contributed by atoms with E-state index in [0.29, 0.717) is 11.5 Å². The first-order valence-corrected chi connectivity index (χ1v) is 6.13. The molecule has 0 aliphatic rings. The Labute approximate surface area is 113 Å². The fraction of sp³-hybridized carbons (Fsp3) is 0.0714. The molecule has 0 amide bonds. The van der Waals surface area contributed by atoms with Crippen molar-refractivity contribution in [3.05, 3.63) is 58.1 Å². The number of hydrogen-bond donors (Lipinski definition) is 1. The van der Waals surface area contributed by atoms with E-state index in [1.165, 1.54) is 6.07 Å². The van der Waals surface area contributed by atoms with E-state index < -0.39 is 5.97 Å². The Morgan fingerprint density at radius 3 is 2.61 bits per heavy atom. The monoisotopic (exact) mass is 306 g/mol. The lowest BCUT2D eigenvalue weighted by molar-refractivity contribution is 0.0694. The van der Waals surface area contributed by atoms with E-state index in [0.717, 1.165) is 10.0 Å². The van der Waals surface area contributed by atoms with Crippen molar-refractivity contribution in [3.63, 3.8) is 0 Å². The van der Waals surface area contributed by atoms with Crippen LogP contribution in [0.15, 0.2) is 46.9 Å². The van der Waals surface area contributed by atoms with Crippen LogP contribution in [0.25, 0.3) is 0 Å². The molecule has 2 aromatic rings. The Hall–Kier alpha value is -1.81. The highest BCUT2D eigenvalue weighted by Gasteiger charge is 2.14. The van der Waals surface area contributed by atoms with Gasteiger partial charge in [-0.05, 0) is 36.8 Å². The van der Waals surface area contributed by atoms with Gasteiger partial charge in [0.25, 0.3) is 0 Å². The third kappa shape index (κ3) is 2.71. The molecule has 1 N–H and O–H groups in total. The largest absolute Gasteiger partial charge is 0.478 e. The lowest BCUT2D eigenvalue weighted by atomic mass is 10.1. The van der Waals surface area contributed by atoms with Gasteiger partial charge in [-0.15, -0.1) is 0 Å². The van der Waals surface area contributed by atoms with Gasteiger partial charge in [0, 0.05) is 4.47 Å². The second-order valence-corrected chi connectivity index (χ2v) is 4.73. The van der Waals surface area contributed by atoms with Gasteiger partial charge in [0.2, 0.25) is 0 Å². The molecule has 0 aliphatic carbocycles. The molecule has 0 saturated heterocycles. The molecule has 0 aliphatic heterocycles. The van der Waals surface area contributed by atoms with Gasteiger partial charge in [0.1, 0.15) is 17.1 Å². The minimum absolute atomic E-state index is 0.162. The molecule has 0 fully saturated rings. The molecule has 0 radical (unpaired) electrons. The standard InChI is InChI=1S/C14H11BrO3/c1-9-4-2-7-12(14(16)17)13(9)18-11-6-3-5-10(15)8-11/h2-8H,1H3,(H,16,17). The van der Waals surface area contributed by atoms with Crippen molar-refractivity contribution < 1.29 is 14.6 Å². The van der Waals surface area contributed by atoms with Crippen molar-refractivity contribution in [2.75, 3.05) is 0 Å². The number of para-hydroxylation sites is 1. The van der Waals surface area contributed by atoms with Crippen LogP contribution in [0.4, 0.5) is 0 Å². The highest BCUT2D eigenvalue weighted by molar-refractivity contribution is 9.10. The maximum atomic E-state index is 11.1. The highest BCUT2D eigenvalue weighted by Crippen LogP contribution is 2.30. The molecular formula is C14H11BrO3. The van der Waals surface area contributed by atoms with Gasteiger partial charge >= 0.3 is 5.97 Å². The van der Waals surface area contributed by atoms with Crippen LogP contribution in [0.2, 0.25) is 0 Å². The van der Waals surface area contributed by atoms with Crippen LogP contribution >= 0.6 is 15.9 Å². The number of rotatable bonds is 3. The number of benzene rings is 2. The van der Waals surface area contributed by atoms with E-state index in [1.807, 2.05) is 25.1 Å². The van der Waals surface area contributed by atoms with Gasteiger partial charge in [0.05, 0.1) is 0 Å². The van der Waals surface area contributed by atoms with Crippen LogP contribution in [0, 0.1) is 6.92 Å². The van der Waals surface area contributed by atoms with Crippen molar-refractivity contribution in [2.45, 2.75) is 6.92 Å². The number of carbonyl (C=O) groups is 1. The summed E-state index contributed by atoms with van der Waals surface area (Å²) in [5, 5.41) is 9.13. The lowest BCUT2D eigenvalue weighted by Crippen LogP contribution is -2.01. The van der Waals surface area contributed by atoms with Crippen LogP contribution in [-0.4, -0.2) is 11.1 Å². The van der Waals surface area contributed by atoms with Gasteiger partial charge in [-0.3, -0.25) is 0 Å². The number of aromatic carboxylic acids is 1. The van der Waals surface area contributed by atoms with Crippen LogP contribution in [0.5, 0.6) is 11.5 Å². The Bertz CT molecular complexity index is 593. The number of ether oxygens (including phenoxy) is 1. The molecule has 92 valence electrons. The number of carboxylic acids is 1. The van der Waals surface area contributed by atoms with Gasteiger partial charge < -0.3 is 9.84 Å². The van der Waals surface area contributed by atoms with Gasteiger partial charge in [-0.2, -0.15) is 0 Å². The topological polar surface area (TPSA) is 46.5 Å². The summed E-state index contributed by atoms with van der Waals surface area (Å²) in [5.74, 6) is -0.0204. The maximum absolute atomic E-state index is 11.1. The van der Waals surface area contributed by atoms with Crippen molar-refractivity contribution >= 4 is 21.9 Å². The predicted molar refractivity (Wildman–Crippen MR) is 72.4 cm³/mol. The van der Waals surface area contributed by atoms with Crippen LogP contribution < -0.4 is 4.74 Å². The number of aryl methyl sites for hydroxylation is 1. The number of halogens is 1. The van der Waals surface area contributed by atoms with Crippen molar-refractivity contribution in [1.82, 2.24) is 0 Å². The van der Waals surface area contributed by atoms with Gasteiger partial charge in [-0.1, -0.05) is 34.1 Å². The minimum Gasteiger partial charge on any atom is -0.478 e. The summed E-state index contributed by atoms with van der Waals surface area (Å²) in [4.78, 5) is 11.1. The molecule has 18 heavy (non-hydrogen) atoms. The van der Waals surface area contributed by atoms with Gasteiger partial charge in [-0.25, -0.2) is 4.79 Å². The molecule has 4 heteroatoms. The fourth-order valence-electron chi connectivity index (χ4n) is 1.60. The molecule has 2 rings (SSSR count). The summed E-state index contributed by atoms with van der Waals surface area (Å²) >= 11 is 3.35. The van der Waals surface area contributed by atoms with Crippen molar-refractivity contribution in [2.24, 2.45) is 0 Å². The Kier molecular flexibility index (Phi) is 3.67. The second kappa shape index (κ2) is 5.23. The Morgan fingerprint density at radius 1 is 1.22 bits per heavy atom. The molecule has 0 heterocycles. The van der Waals surface area contributed by atoms with E-state index in [-0.39, 0.29) is 5.56 Å². The summed E-state index contributed by atoms with van der Waals surface area (Å²) in [6.45, 7) is 1.82. The number of hydrogen-bond acceptors (Lipinski definition) is 2. The lowest BCUT2D eigenvalue weighted by Gasteiger charge is -2.11. The van der Waals surface area contributed by atoms with Gasteiger partial charge in [0.15, 0.2) is 0 Å². The molecule has 0 unspecified atom stereocenters. The smallest absolute Gasteiger partial charge is 0.339 e. The number of carboxylic acid groups (broad SMARTS) is 1. The summed E-state index contributed by atoms with van der Waals surface area (Å²) in [6, 6.07) is 12.3. The SMILES string of the molecule is Cc1cccc(C(=O)O)c1Oc1cccc(Br)c1. The van der Waals surface area contributed by atoms with E-state index in [4.69, 9.17) is 9.84 Å². The average Bonchev–Trinajstić information content (AvgIpc) is 2.31. The first-order valence-electron chi connectivity index (χ1n) is 5.34. The van der Waals surface area contributed by atoms with E-state index in [1.54, 1.807) is 18.2 Å². The zero-order chi connectivity index (χ0) is 13.1. The quantitative estimate of drug-likeness (QED) is 0.922. The zero-order valence-corrected chi connectivity index (χ0v) is 11.3. The molecule has 0 atom stereocenters. The normalized spacial score (nSPS) is 10.1. The molecule has 3 nitrogen and oxygen atoms in total. The molecule has 0 aromatic heterocycles. The first kappa shape index (κ1) is 12.6. The average molecular weight is 307 g/mol. The molecule has 2 aromatic carbocycles. The summed E-state index contributed by atoms with van der Waals surface area (Å²) in [6.07, 6.45) is 0. The van der Waals surface area contributed by atoms with Crippen LogP contribution in [-0.2, 0) is 0 Å². The minimum atomic E-state index is -0.997. The van der Waals surface area contributed by atoms with E-state index in [9.17, 15) is 4.79 Å². The fourth-order valence-corrected chi connectivity index (χ4v) is 1.98.